The highest BCUT2D eigenvalue weighted by molar-refractivity contribution is 6.28. The van der Waals surface area contributed by atoms with Crippen LogP contribution in [0, 0.1) is 0 Å². The average Bonchev–Trinajstić information content (AvgIpc) is 2.75. The van der Waals surface area contributed by atoms with Crippen molar-refractivity contribution in [3.8, 4) is 0 Å². The third-order valence-electron chi connectivity index (χ3n) is 4.10. The summed E-state index contributed by atoms with van der Waals surface area (Å²) in [7, 11) is 0. The molecule has 1 amide bonds. The molecule has 0 saturated heterocycles. The van der Waals surface area contributed by atoms with Gasteiger partial charge in [-0.3, -0.25) is 4.99 Å². The van der Waals surface area contributed by atoms with E-state index < -0.39 is 11.7 Å². The highest BCUT2D eigenvalue weighted by atomic mass is 35.5. The summed E-state index contributed by atoms with van der Waals surface area (Å²) < 4.78 is 5.58. The Bertz CT molecular complexity index is 877. The van der Waals surface area contributed by atoms with E-state index in [0.29, 0.717) is 11.5 Å². The van der Waals surface area contributed by atoms with Crippen LogP contribution in [0.15, 0.2) is 35.5 Å². The Kier molecular flexibility index (Phi) is 5.46. The quantitative estimate of drug-likeness (QED) is 0.684. The van der Waals surface area contributed by atoms with Gasteiger partial charge < -0.3 is 4.74 Å². The molecule has 1 aromatic heterocycles. The number of ether oxygens (including phenoxy) is 1. The molecule has 3 rings (SSSR count). The molecule has 0 radical (unpaired) electrons. The van der Waals surface area contributed by atoms with Gasteiger partial charge in [0.15, 0.2) is 0 Å². The second kappa shape index (κ2) is 7.64. The third kappa shape index (κ3) is 4.83. The van der Waals surface area contributed by atoms with Crippen LogP contribution in [-0.4, -0.2) is 33.9 Å². The lowest BCUT2D eigenvalue weighted by Crippen LogP contribution is -2.34. The summed E-state index contributed by atoms with van der Waals surface area (Å²) in [5, 5.41) is 0.0613. The summed E-state index contributed by atoms with van der Waals surface area (Å²) in [6, 6.07) is 7.75. The number of aliphatic imine (C=N–C) groups is 1. The van der Waals surface area contributed by atoms with Gasteiger partial charge in [0.05, 0.1) is 5.69 Å². The number of benzene rings is 1. The highest BCUT2D eigenvalue weighted by Gasteiger charge is 2.27. The summed E-state index contributed by atoms with van der Waals surface area (Å²) in [5.41, 5.74) is 2.19. The number of anilines is 2. The molecule has 0 N–H and O–H groups in total. The average molecular weight is 387 g/mol. The molecule has 1 aliphatic rings. The van der Waals surface area contributed by atoms with E-state index in [2.05, 4.69) is 21.9 Å². The number of rotatable bonds is 2. The number of fused-ring (bicyclic) bond motifs is 1. The molecule has 7 heteroatoms. The van der Waals surface area contributed by atoms with E-state index in [1.165, 1.54) is 16.7 Å². The summed E-state index contributed by atoms with van der Waals surface area (Å²) in [6.07, 6.45) is 4.80. The summed E-state index contributed by atoms with van der Waals surface area (Å²) in [5.74, 6) is 0.350. The minimum Gasteiger partial charge on any atom is -0.443 e. The fourth-order valence-corrected chi connectivity index (χ4v) is 2.95. The number of amides is 1. The van der Waals surface area contributed by atoms with Crippen LogP contribution in [0.5, 0.6) is 0 Å². The lowest BCUT2D eigenvalue weighted by molar-refractivity contribution is 0.0598. The van der Waals surface area contributed by atoms with Crippen molar-refractivity contribution < 1.29 is 9.53 Å². The van der Waals surface area contributed by atoms with Crippen molar-refractivity contribution >= 4 is 35.4 Å². The number of carbonyl (C=O) groups excluding carboxylic acids is 1. The van der Waals surface area contributed by atoms with Crippen LogP contribution in [0.3, 0.4) is 0 Å². The standard InChI is InChI=1S/C20H23ClN4O2/c1-13-5-6-14-7-8-16(11-15(14)12-23-13)25(19(26)27-20(2,3)4)17-9-10-22-18(21)24-17/h7-13H,5-6H2,1-4H3. The Morgan fingerprint density at radius 3 is 2.78 bits per heavy atom. The molecule has 0 spiro atoms. The smallest absolute Gasteiger partial charge is 0.420 e. The zero-order valence-electron chi connectivity index (χ0n) is 15.9. The fraction of sp³-hybridized carbons (Fsp3) is 0.400. The number of aryl methyl sites for hydroxylation is 1. The van der Waals surface area contributed by atoms with Crippen molar-refractivity contribution in [2.45, 2.75) is 52.2 Å². The Morgan fingerprint density at radius 1 is 1.30 bits per heavy atom. The molecule has 0 bridgehead atoms. The second-order valence-corrected chi connectivity index (χ2v) is 7.89. The number of hydrogen-bond acceptors (Lipinski definition) is 5. The van der Waals surface area contributed by atoms with Crippen LogP contribution in [0.1, 0.15) is 45.2 Å². The fourth-order valence-electron chi connectivity index (χ4n) is 2.81. The maximum absolute atomic E-state index is 12.9. The van der Waals surface area contributed by atoms with E-state index in [4.69, 9.17) is 16.3 Å². The SMILES string of the molecule is CC1CCc2ccc(N(C(=O)OC(C)(C)C)c3ccnc(Cl)n3)cc2C=N1. The Balaban J connectivity index is 2.05. The van der Waals surface area contributed by atoms with Crippen LogP contribution in [0.2, 0.25) is 5.28 Å². The van der Waals surface area contributed by atoms with Gasteiger partial charge in [0.1, 0.15) is 11.4 Å². The molecule has 1 aliphatic heterocycles. The maximum atomic E-state index is 12.9. The maximum Gasteiger partial charge on any atom is 0.420 e. The first-order valence-electron chi connectivity index (χ1n) is 8.91. The van der Waals surface area contributed by atoms with Gasteiger partial charge in [-0.2, -0.15) is 4.98 Å². The van der Waals surface area contributed by atoms with E-state index in [-0.39, 0.29) is 11.3 Å². The van der Waals surface area contributed by atoms with Crippen LogP contribution in [0.25, 0.3) is 0 Å². The first-order valence-corrected chi connectivity index (χ1v) is 9.28. The molecule has 2 aromatic rings. The van der Waals surface area contributed by atoms with Crippen LogP contribution in [-0.2, 0) is 11.2 Å². The molecule has 1 unspecified atom stereocenters. The Labute approximate surface area is 164 Å². The Hall–Kier alpha value is -2.47. The lowest BCUT2D eigenvalue weighted by atomic mass is 10.0. The van der Waals surface area contributed by atoms with Gasteiger partial charge in [0.2, 0.25) is 5.28 Å². The molecular weight excluding hydrogens is 364 g/mol. The normalized spacial score (nSPS) is 16.4. The van der Waals surface area contributed by atoms with Gasteiger partial charge in [0.25, 0.3) is 0 Å². The van der Waals surface area contributed by atoms with Crippen molar-refractivity contribution in [3.63, 3.8) is 0 Å². The summed E-state index contributed by atoms with van der Waals surface area (Å²) >= 11 is 5.94. The molecule has 1 atom stereocenters. The number of halogens is 1. The lowest BCUT2D eigenvalue weighted by Gasteiger charge is -2.27. The minimum absolute atomic E-state index is 0.0613. The first-order chi connectivity index (χ1) is 12.7. The van der Waals surface area contributed by atoms with Crippen LogP contribution in [0.4, 0.5) is 16.3 Å². The zero-order valence-corrected chi connectivity index (χ0v) is 16.7. The van der Waals surface area contributed by atoms with E-state index >= 15 is 0 Å². The Morgan fingerprint density at radius 2 is 2.07 bits per heavy atom. The number of aromatic nitrogens is 2. The molecule has 0 fully saturated rings. The van der Waals surface area contributed by atoms with E-state index in [1.807, 2.05) is 45.2 Å². The van der Waals surface area contributed by atoms with Crippen molar-refractivity contribution in [1.82, 2.24) is 9.97 Å². The van der Waals surface area contributed by atoms with E-state index in [1.54, 1.807) is 6.07 Å². The predicted molar refractivity (Wildman–Crippen MR) is 107 cm³/mol. The van der Waals surface area contributed by atoms with Crippen LogP contribution < -0.4 is 4.90 Å². The summed E-state index contributed by atoms with van der Waals surface area (Å²) in [4.78, 5) is 27.0. The molecular formula is C20H23ClN4O2. The largest absolute Gasteiger partial charge is 0.443 e. The molecule has 0 aliphatic carbocycles. The molecule has 6 nitrogen and oxygen atoms in total. The number of nitrogens with zero attached hydrogens (tertiary/aromatic N) is 4. The monoisotopic (exact) mass is 386 g/mol. The molecule has 1 aromatic carbocycles. The molecule has 2 heterocycles. The van der Waals surface area contributed by atoms with Gasteiger partial charge in [0, 0.05) is 24.5 Å². The predicted octanol–water partition coefficient (Wildman–Crippen LogP) is 4.96. The van der Waals surface area contributed by atoms with E-state index in [9.17, 15) is 4.79 Å². The van der Waals surface area contributed by atoms with Gasteiger partial charge in [-0.05, 0) is 75.4 Å². The van der Waals surface area contributed by atoms with Crippen molar-refractivity contribution in [2.24, 2.45) is 4.99 Å². The first kappa shape index (κ1) is 19.3. The van der Waals surface area contributed by atoms with Gasteiger partial charge in [-0.15, -0.1) is 0 Å². The van der Waals surface area contributed by atoms with Crippen molar-refractivity contribution in [3.05, 3.63) is 46.9 Å². The van der Waals surface area contributed by atoms with Crippen molar-refractivity contribution in [2.75, 3.05) is 4.90 Å². The van der Waals surface area contributed by atoms with Gasteiger partial charge >= 0.3 is 6.09 Å². The van der Waals surface area contributed by atoms with E-state index in [0.717, 1.165) is 18.4 Å². The molecule has 142 valence electrons. The molecule has 27 heavy (non-hydrogen) atoms. The molecule has 0 saturated carbocycles. The number of carbonyl (C=O) groups is 1. The zero-order chi connectivity index (χ0) is 19.6. The van der Waals surface area contributed by atoms with Gasteiger partial charge in [-0.25, -0.2) is 14.7 Å². The minimum atomic E-state index is -0.644. The van der Waals surface area contributed by atoms with Gasteiger partial charge in [-0.1, -0.05) is 6.07 Å². The summed E-state index contributed by atoms with van der Waals surface area (Å²) in [6.45, 7) is 7.56. The topological polar surface area (TPSA) is 67.7 Å². The second-order valence-electron chi connectivity index (χ2n) is 7.55. The third-order valence-corrected chi connectivity index (χ3v) is 4.29. The highest BCUT2D eigenvalue weighted by Crippen LogP contribution is 2.29. The van der Waals surface area contributed by atoms with Crippen LogP contribution >= 0.6 is 11.6 Å². The van der Waals surface area contributed by atoms with Crippen molar-refractivity contribution in [1.29, 1.82) is 0 Å². The number of hydrogen-bond donors (Lipinski definition) is 0.